The molecule has 0 radical (unpaired) electrons. The molecule has 0 bridgehead atoms. The summed E-state index contributed by atoms with van der Waals surface area (Å²) in [5.41, 5.74) is 2.87. The van der Waals surface area contributed by atoms with Crippen LogP contribution in [0.3, 0.4) is 0 Å². The lowest BCUT2D eigenvalue weighted by Crippen LogP contribution is -2.32. The van der Waals surface area contributed by atoms with Gasteiger partial charge in [0.25, 0.3) is 5.91 Å². The summed E-state index contributed by atoms with van der Waals surface area (Å²) >= 11 is 0. The molecule has 1 saturated heterocycles. The van der Waals surface area contributed by atoms with Crippen molar-refractivity contribution in [2.75, 3.05) is 13.1 Å². The number of nitrogens with zero attached hydrogens (tertiary/aromatic N) is 2. The molecule has 1 atom stereocenters. The Balaban J connectivity index is 1.73. The average Bonchev–Trinajstić information content (AvgIpc) is 3.13. The van der Waals surface area contributed by atoms with Gasteiger partial charge >= 0.3 is 0 Å². The first kappa shape index (κ1) is 16.9. The van der Waals surface area contributed by atoms with Crippen molar-refractivity contribution in [3.63, 3.8) is 0 Å². The molecule has 2 aromatic rings. The molecule has 0 aliphatic carbocycles. The largest absolute Gasteiger partial charge is 0.515 e. The Morgan fingerprint density at radius 1 is 1.32 bits per heavy atom. The van der Waals surface area contributed by atoms with Crippen molar-refractivity contribution in [3.8, 4) is 0 Å². The fourth-order valence-corrected chi connectivity index (χ4v) is 3.11. The van der Waals surface area contributed by atoms with Gasteiger partial charge in [-0.15, -0.1) is 0 Å². The minimum Gasteiger partial charge on any atom is -0.515 e. The first-order chi connectivity index (χ1) is 12.1. The highest BCUT2D eigenvalue weighted by Gasteiger charge is 2.30. The van der Waals surface area contributed by atoms with E-state index >= 15 is 0 Å². The van der Waals surface area contributed by atoms with Crippen LogP contribution < -0.4 is 0 Å². The summed E-state index contributed by atoms with van der Waals surface area (Å²) in [7, 11) is 0. The minimum absolute atomic E-state index is 0.0238. The quantitative estimate of drug-likeness (QED) is 0.512. The van der Waals surface area contributed by atoms with Crippen molar-refractivity contribution in [2.24, 2.45) is 0 Å². The van der Waals surface area contributed by atoms with Crippen molar-refractivity contribution < 1.29 is 9.90 Å². The topological polar surface area (TPSA) is 77.3 Å². The predicted octanol–water partition coefficient (Wildman–Crippen LogP) is 3.22. The SMILES string of the molecule is Cc1ccc(C(=N)/C(=C\O)C(=O)N2CCC(c3cccnc3)C2)cc1. The molecule has 5 nitrogen and oxygen atoms in total. The summed E-state index contributed by atoms with van der Waals surface area (Å²) in [5.74, 6) is -0.0642. The molecule has 2 N–H and O–H groups in total. The first-order valence-electron chi connectivity index (χ1n) is 8.29. The number of aliphatic hydroxyl groups is 1. The van der Waals surface area contributed by atoms with Crippen LogP contribution in [0.1, 0.15) is 29.0 Å². The molecule has 1 fully saturated rings. The van der Waals surface area contributed by atoms with Crippen LogP contribution in [0.4, 0.5) is 0 Å². The maximum absolute atomic E-state index is 12.8. The van der Waals surface area contributed by atoms with E-state index in [4.69, 9.17) is 5.41 Å². The number of benzene rings is 1. The minimum atomic E-state index is -0.306. The van der Waals surface area contributed by atoms with Crippen LogP contribution in [-0.4, -0.2) is 39.7 Å². The molecule has 2 heterocycles. The van der Waals surface area contributed by atoms with Gasteiger partial charge in [0.15, 0.2) is 0 Å². The van der Waals surface area contributed by atoms with E-state index in [9.17, 15) is 9.90 Å². The summed E-state index contributed by atoms with van der Waals surface area (Å²) in [5, 5.41) is 17.8. The maximum Gasteiger partial charge on any atom is 0.259 e. The Morgan fingerprint density at radius 3 is 2.72 bits per heavy atom. The molecule has 0 spiro atoms. The molecule has 1 aliphatic rings. The number of amides is 1. The summed E-state index contributed by atoms with van der Waals surface area (Å²) in [6.07, 6.45) is 5.17. The Morgan fingerprint density at radius 2 is 2.08 bits per heavy atom. The zero-order chi connectivity index (χ0) is 17.8. The molecular weight excluding hydrogens is 314 g/mol. The molecule has 3 rings (SSSR count). The molecule has 1 aromatic heterocycles. The zero-order valence-corrected chi connectivity index (χ0v) is 14.1. The predicted molar refractivity (Wildman–Crippen MR) is 96.9 cm³/mol. The molecule has 5 heteroatoms. The number of rotatable bonds is 4. The molecule has 128 valence electrons. The van der Waals surface area contributed by atoms with Crippen LogP contribution in [0, 0.1) is 12.3 Å². The van der Waals surface area contributed by atoms with Gasteiger partial charge in [0, 0.05) is 37.0 Å². The second-order valence-corrected chi connectivity index (χ2v) is 6.31. The van der Waals surface area contributed by atoms with E-state index in [1.165, 1.54) is 0 Å². The number of carbonyl (C=O) groups is 1. The second kappa shape index (κ2) is 7.30. The molecule has 1 aliphatic heterocycles. The van der Waals surface area contributed by atoms with Gasteiger partial charge in [-0.3, -0.25) is 15.2 Å². The number of hydrogen-bond acceptors (Lipinski definition) is 4. The fraction of sp³-hybridized carbons (Fsp3) is 0.250. The third-order valence-corrected chi connectivity index (χ3v) is 4.60. The molecule has 1 amide bonds. The highest BCUT2D eigenvalue weighted by Crippen LogP contribution is 2.27. The number of aryl methyl sites for hydroxylation is 1. The van der Waals surface area contributed by atoms with E-state index in [2.05, 4.69) is 4.98 Å². The molecular formula is C20H21N3O2. The lowest BCUT2D eigenvalue weighted by atomic mass is 10.00. The normalized spacial score (nSPS) is 17.6. The van der Waals surface area contributed by atoms with Gasteiger partial charge < -0.3 is 10.0 Å². The summed E-state index contributed by atoms with van der Waals surface area (Å²) in [6, 6.07) is 11.3. The number of pyridine rings is 1. The van der Waals surface area contributed by atoms with E-state index in [1.807, 2.05) is 37.4 Å². The Bertz CT molecular complexity index is 797. The average molecular weight is 335 g/mol. The summed E-state index contributed by atoms with van der Waals surface area (Å²) < 4.78 is 0. The van der Waals surface area contributed by atoms with Gasteiger partial charge in [-0.2, -0.15) is 0 Å². The van der Waals surface area contributed by atoms with Crippen molar-refractivity contribution in [1.29, 1.82) is 5.41 Å². The lowest BCUT2D eigenvalue weighted by molar-refractivity contribution is -0.125. The zero-order valence-electron chi connectivity index (χ0n) is 14.1. The maximum atomic E-state index is 12.8. The molecule has 1 unspecified atom stereocenters. The van der Waals surface area contributed by atoms with Gasteiger partial charge in [-0.05, 0) is 25.0 Å². The monoisotopic (exact) mass is 335 g/mol. The third kappa shape index (κ3) is 3.60. The molecule has 25 heavy (non-hydrogen) atoms. The third-order valence-electron chi connectivity index (χ3n) is 4.60. The van der Waals surface area contributed by atoms with E-state index in [0.29, 0.717) is 18.7 Å². The number of carbonyl (C=O) groups excluding carboxylic acids is 1. The number of nitrogens with one attached hydrogen (secondary N) is 1. The van der Waals surface area contributed by atoms with Crippen LogP contribution in [0.25, 0.3) is 0 Å². The Hall–Kier alpha value is -2.95. The van der Waals surface area contributed by atoms with E-state index < -0.39 is 0 Å². The van der Waals surface area contributed by atoms with Gasteiger partial charge in [0.2, 0.25) is 0 Å². The number of aromatic nitrogens is 1. The fourth-order valence-electron chi connectivity index (χ4n) is 3.11. The van der Waals surface area contributed by atoms with Gasteiger partial charge in [0.1, 0.15) is 0 Å². The van der Waals surface area contributed by atoms with Gasteiger partial charge in [-0.25, -0.2) is 0 Å². The van der Waals surface area contributed by atoms with Crippen molar-refractivity contribution >= 4 is 11.6 Å². The number of hydrogen-bond donors (Lipinski definition) is 2. The van der Waals surface area contributed by atoms with Crippen LogP contribution in [0.5, 0.6) is 0 Å². The summed E-state index contributed by atoms with van der Waals surface area (Å²) in [6.45, 7) is 3.14. The van der Waals surface area contributed by atoms with Crippen LogP contribution in [0.15, 0.2) is 60.6 Å². The van der Waals surface area contributed by atoms with Crippen LogP contribution in [-0.2, 0) is 4.79 Å². The number of aliphatic hydroxyl groups excluding tert-OH is 1. The smallest absolute Gasteiger partial charge is 0.259 e. The Labute approximate surface area is 147 Å². The lowest BCUT2D eigenvalue weighted by Gasteiger charge is -2.18. The van der Waals surface area contributed by atoms with Gasteiger partial charge in [-0.1, -0.05) is 35.9 Å². The second-order valence-electron chi connectivity index (χ2n) is 6.31. The Kier molecular flexibility index (Phi) is 4.93. The van der Waals surface area contributed by atoms with E-state index in [0.717, 1.165) is 23.8 Å². The van der Waals surface area contributed by atoms with Crippen LogP contribution >= 0.6 is 0 Å². The first-order valence-corrected chi connectivity index (χ1v) is 8.29. The van der Waals surface area contributed by atoms with Crippen LogP contribution in [0.2, 0.25) is 0 Å². The van der Waals surface area contributed by atoms with Crippen molar-refractivity contribution in [1.82, 2.24) is 9.88 Å². The van der Waals surface area contributed by atoms with E-state index in [1.54, 1.807) is 23.2 Å². The highest BCUT2D eigenvalue weighted by molar-refractivity contribution is 6.26. The van der Waals surface area contributed by atoms with Crippen molar-refractivity contribution in [3.05, 3.63) is 77.3 Å². The van der Waals surface area contributed by atoms with E-state index in [-0.39, 0.29) is 23.1 Å². The molecule has 0 saturated carbocycles. The van der Waals surface area contributed by atoms with Gasteiger partial charge in [0.05, 0.1) is 17.5 Å². The number of likely N-dealkylation sites (tertiary alicyclic amines) is 1. The highest BCUT2D eigenvalue weighted by atomic mass is 16.2. The van der Waals surface area contributed by atoms with Crippen molar-refractivity contribution in [2.45, 2.75) is 19.3 Å². The molecule has 1 aromatic carbocycles. The standard InChI is InChI=1S/C20H21N3O2/c1-14-4-6-15(7-5-14)19(21)18(13-24)20(25)23-10-8-17(12-23)16-3-2-9-22-11-16/h2-7,9,11,13,17,21,24H,8,10,12H2,1H3/b18-13+,21-19?. The summed E-state index contributed by atoms with van der Waals surface area (Å²) in [4.78, 5) is 18.6.